The number of carbonyl (C=O) groups excluding carboxylic acids is 2. The van der Waals surface area contributed by atoms with Crippen molar-refractivity contribution < 1.29 is 9.59 Å². The van der Waals surface area contributed by atoms with E-state index < -0.39 is 0 Å². The Morgan fingerprint density at radius 2 is 1.91 bits per heavy atom. The summed E-state index contributed by atoms with van der Waals surface area (Å²) in [6, 6.07) is 17.2. The van der Waals surface area contributed by atoms with Crippen LogP contribution in [0.3, 0.4) is 0 Å². The fourth-order valence-electron chi connectivity index (χ4n) is 4.34. The third-order valence-corrected chi connectivity index (χ3v) is 6.19. The summed E-state index contributed by atoms with van der Waals surface area (Å²) in [4.78, 5) is 33.7. The predicted octanol–water partition coefficient (Wildman–Crippen LogP) is 4.21. The van der Waals surface area contributed by atoms with Gasteiger partial charge in [0.2, 0.25) is 0 Å². The van der Waals surface area contributed by atoms with Crippen molar-refractivity contribution in [2.45, 2.75) is 26.3 Å². The molecule has 3 aromatic rings. The van der Waals surface area contributed by atoms with Gasteiger partial charge in [-0.1, -0.05) is 30.3 Å². The second-order valence-electron chi connectivity index (χ2n) is 8.86. The molecule has 1 aliphatic rings. The number of benzene rings is 2. The molecule has 1 atom stereocenters. The third-order valence-electron chi connectivity index (χ3n) is 6.19. The molecule has 34 heavy (non-hydrogen) atoms. The summed E-state index contributed by atoms with van der Waals surface area (Å²) in [5.41, 5.74) is 4.38. The molecule has 1 saturated heterocycles. The summed E-state index contributed by atoms with van der Waals surface area (Å²) in [6.45, 7) is 6.85. The van der Waals surface area contributed by atoms with Gasteiger partial charge in [-0.3, -0.25) is 9.88 Å². The van der Waals surface area contributed by atoms with E-state index in [2.05, 4.69) is 25.8 Å². The maximum absolute atomic E-state index is 12.6. The number of carbonyl (C=O) groups is 2. The number of aryl methyl sites for hydroxylation is 2. The van der Waals surface area contributed by atoms with Crippen molar-refractivity contribution in [3.05, 3.63) is 65.9 Å². The number of hydrogen-bond acceptors (Lipinski definition) is 4. The number of likely N-dealkylation sites (tertiary alicyclic amines) is 1. The largest absolute Gasteiger partial charge is 0.337 e. The average Bonchev–Trinajstić information content (AvgIpc) is 3.27. The first-order valence-corrected chi connectivity index (χ1v) is 11.6. The highest BCUT2D eigenvalue weighted by Crippen LogP contribution is 2.22. The molecule has 1 aliphatic heterocycles. The van der Waals surface area contributed by atoms with Crippen LogP contribution in [0.1, 0.15) is 17.7 Å². The van der Waals surface area contributed by atoms with Crippen molar-refractivity contribution in [1.29, 1.82) is 0 Å². The number of likely N-dealkylation sites (N-methyl/N-ethyl adjacent to an activating group) is 1. The van der Waals surface area contributed by atoms with Gasteiger partial charge in [-0.05, 0) is 50.1 Å². The molecule has 4 rings (SSSR count). The SMILES string of the molecule is Cc1cccc(NC(=O)N(C)C2CCN(CCNC(=O)Nc3cc(C)nc4ccccc34)C2)c1. The van der Waals surface area contributed by atoms with Gasteiger partial charge >= 0.3 is 12.1 Å². The zero-order valence-electron chi connectivity index (χ0n) is 20.0. The first kappa shape index (κ1) is 23.5. The Morgan fingerprint density at radius 1 is 1.09 bits per heavy atom. The molecule has 1 aromatic heterocycles. The Kier molecular flexibility index (Phi) is 7.27. The second-order valence-corrected chi connectivity index (χ2v) is 8.86. The highest BCUT2D eigenvalue weighted by atomic mass is 16.2. The molecule has 1 unspecified atom stereocenters. The van der Waals surface area contributed by atoms with Crippen LogP contribution < -0.4 is 16.0 Å². The topological polar surface area (TPSA) is 89.6 Å². The zero-order valence-corrected chi connectivity index (χ0v) is 20.0. The van der Waals surface area contributed by atoms with Crippen LogP contribution in [0, 0.1) is 13.8 Å². The molecule has 3 N–H and O–H groups in total. The minimum absolute atomic E-state index is 0.102. The van der Waals surface area contributed by atoms with Crippen LogP contribution in [0.4, 0.5) is 21.0 Å². The van der Waals surface area contributed by atoms with E-state index in [-0.39, 0.29) is 18.1 Å². The normalized spacial score (nSPS) is 15.8. The number of hydrogen-bond donors (Lipinski definition) is 3. The van der Waals surface area contributed by atoms with Gasteiger partial charge in [0, 0.05) is 56.0 Å². The highest BCUT2D eigenvalue weighted by Gasteiger charge is 2.28. The number of para-hydroxylation sites is 1. The molecule has 0 spiro atoms. The van der Waals surface area contributed by atoms with Crippen molar-refractivity contribution in [1.82, 2.24) is 20.1 Å². The fourth-order valence-corrected chi connectivity index (χ4v) is 4.34. The van der Waals surface area contributed by atoms with Crippen LogP contribution in [-0.2, 0) is 0 Å². The third kappa shape index (κ3) is 5.82. The smallest absolute Gasteiger partial charge is 0.321 e. The van der Waals surface area contributed by atoms with E-state index in [9.17, 15) is 9.59 Å². The maximum atomic E-state index is 12.6. The van der Waals surface area contributed by atoms with Crippen LogP contribution in [-0.4, -0.2) is 66.1 Å². The Labute approximate surface area is 200 Å². The van der Waals surface area contributed by atoms with Gasteiger partial charge in [-0.2, -0.15) is 0 Å². The lowest BCUT2D eigenvalue weighted by Gasteiger charge is -2.25. The predicted molar refractivity (Wildman–Crippen MR) is 136 cm³/mol. The van der Waals surface area contributed by atoms with E-state index >= 15 is 0 Å². The number of nitrogens with zero attached hydrogens (tertiary/aromatic N) is 3. The highest BCUT2D eigenvalue weighted by molar-refractivity contribution is 6.00. The monoisotopic (exact) mass is 460 g/mol. The Morgan fingerprint density at radius 3 is 2.74 bits per heavy atom. The Hall–Kier alpha value is -3.65. The summed E-state index contributed by atoms with van der Waals surface area (Å²) in [6.07, 6.45) is 0.909. The number of amides is 4. The van der Waals surface area contributed by atoms with Crippen molar-refractivity contribution in [3.63, 3.8) is 0 Å². The van der Waals surface area contributed by atoms with Crippen LogP contribution in [0.5, 0.6) is 0 Å². The van der Waals surface area contributed by atoms with Gasteiger partial charge < -0.3 is 20.9 Å². The minimum atomic E-state index is -0.235. The number of urea groups is 2. The maximum Gasteiger partial charge on any atom is 0.321 e. The quantitative estimate of drug-likeness (QED) is 0.514. The summed E-state index contributed by atoms with van der Waals surface area (Å²) in [5.74, 6) is 0. The molecule has 2 heterocycles. The Bertz CT molecular complexity index is 1180. The first-order valence-electron chi connectivity index (χ1n) is 11.6. The van der Waals surface area contributed by atoms with Crippen molar-refractivity contribution in [2.24, 2.45) is 0 Å². The molecule has 0 saturated carbocycles. The minimum Gasteiger partial charge on any atom is -0.337 e. The lowest BCUT2D eigenvalue weighted by atomic mass is 10.1. The molecular weight excluding hydrogens is 428 g/mol. The van der Waals surface area contributed by atoms with Crippen LogP contribution in [0.25, 0.3) is 10.9 Å². The average molecular weight is 461 g/mol. The van der Waals surface area contributed by atoms with E-state index in [0.29, 0.717) is 6.54 Å². The number of rotatable bonds is 6. The second kappa shape index (κ2) is 10.5. The molecule has 2 aromatic carbocycles. The van der Waals surface area contributed by atoms with Gasteiger partial charge in [-0.25, -0.2) is 9.59 Å². The molecule has 0 bridgehead atoms. The van der Waals surface area contributed by atoms with Gasteiger partial charge in [0.05, 0.1) is 11.2 Å². The molecule has 8 heteroatoms. The Balaban J connectivity index is 1.22. The van der Waals surface area contributed by atoms with Crippen LogP contribution in [0.15, 0.2) is 54.6 Å². The van der Waals surface area contributed by atoms with E-state index in [1.165, 1.54) is 0 Å². The first-order chi connectivity index (χ1) is 16.4. The summed E-state index contributed by atoms with van der Waals surface area (Å²) < 4.78 is 0. The zero-order chi connectivity index (χ0) is 24.1. The number of aromatic nitrogens is 1. The van der Waals surface area contributed by atoms with Crippen molar-refractivity contribution in [2.75, 3.05) is 43.9 Å². The molecular formula is C26H32N6O2. The summed E-state index contributed by atoms with van der Waals surface area (Å²) in [7, 11) is 1.84. The van der Waals surface area contributed by atoms with Crippen LogP contribution >= 0.6 is 0 Å². The lowest BCUT2D eigenvalue weighted by molar-refractivity contribution is 0.202. The number of nitrogens with one attached hydrogen (secondary N) is 3. The van der Waals surface area contributed by atoms with Gasteiger partial charge in [0.1, 0.15) is 0 Å². The van der Waals surface area contributed by atoms with E-state index in [1.807, 2.05) is 75.5 Å². The molecule has 0 radical (unpaired) electrons. The number of anilines is 2. The number of pyridine rings is 1. The lowest BCUT2D eigenvalue weighted by Crippen LogP contribution is -2.42. The van der Waals surface area contributed by atoms with Gasteiger partial charge in [0.15, 0.2) is 0 Å². The van der Waals surface area contributed by atoms with E-state index in [4.69, 9.17) is 0 Å². The molecule has 0 aliphatic carbocycles. The summed E-state index contributed by atoms with van der Waals surface area (Å²) >= 11 is 0. The van der Waals surface area contributed by atoms with Crippen LogP contribution in [0.2, 0.25) is 0 Å². The molecule has 8 nitrogen and oxygen atoms in total. The van der Waals surface area contributed by atoms with E-state index in [0.717, 1.165) is 59.6 Å². The van der Waals surface area contributed by atoms with Crippen molar-refractivity contribution >= 4 is 34.3 Å². The molecule has 178 valence electrons. The van der Waals surface area contributed by atoms with Gasteiger partial charge in [-0.15, -0.1) is 0 Å². The van der Waals surface area contributed by atoms with E-state index in [1.54, 1.807) is 4.90 Å². The fraction of sp³-hybridized carbons (Fsp3) is 0.346. The van der Waals surface area contributed by atoms with Gasteiger partial charge in [0.25, 0.3) is 0 Å². The number of fused-ring (bicyclic) bond motifs is 1. The van der Waals surface area contributed by atoms with Crippen molar-refractivity contribution in [3.8, 4) is 0 Å². The molecule has 4 amide bonds. The summed E-state index contributed by atoms with van der Waals surface area (Å²) in [5, 5.41) is 9.78. The standard InChI is InChI=1S/C26H32N6O2/c1-18-7-6-8-20(15-18)29-26(34)31(3)21-11-13-32(17-21)14-12-27-25(33)30-24-16-19(2)28-23-10-5-4-9-22(23)24/h4-10,15-16,21H,11-14,17H2,1-3H3,(H,29,34)(H2,27,28,30,33). The molecule has 1 fully saturated rings.